The Morgan fingerprint density at radius 1 is 1.04 bits per heavy atom. The van der Waals surface area contributed by atoms with Crippen LogP contribution >= 0.6 is 0 Å². The van der Waals surface area contributed by atoms with E-state index >= 15 is 0 Å². The Kier molecular flexibility index (Phi) is 5.94. The molecule has 28 heavy (non-hydrogen) atoms. The van der Waals surface area contributed by atoms with E-state index in [2.05, 4.69) is 0 Å². The number of benzene rings is 2. The average molecular weight is 399 g/mol. The van der Waals surface area contributed by atoms with Gasteiger partial charge in [-0.25, -0.2) is 13.2 Å². The van der Waals surface area contributed by atoms with Crippen molar-refractivity contribution in [3.8, 4) is 0 Å². The van der Waals surface area contributed by atoms with Crippen molar-refractivity contribution < 1.29 is 22.7 Å². The molecule has 3 rings (SSSR count). The van der Waals surface area contributed by atoms with Crippen molar-refractivity contribution in [1.29, 1.82) is 0 Å². The zero-order chi connectivity index (χ0) is 20.1. The van der Waals surface area contributed by atoms with Crippen LogP contribution in [-0.2, 0) is 19.4 Å². The first kappa shape index (κ1) is 19.8. The molecule has 1 heterocycles. The zero-order valence-corrected chi connectivity index (χ0v) is 16.3. The highest BCUT2D eigenvalue weighted by molar-refractivity contribution is 7.90. The summed E-state index contributed by atoms with van der Waals surface area (Å²) in [5.41, 5.74) is 2.55. The molecule has 0 aromatic heterocycles. The molecule has 1 amide bonds. The van der Waals surface area contributed by atoms with Gasteiger partial charge in [-0.1, -0.05) is 36.4 Å². The summed E-state index contributed by atoms with van der Waals surface area (Å²) in [5, 5.41) is 0. The number of carbonyl (C=O) groups is 2. The molecular weight excluding hydrogens is 378 g/mol. The van der Waals surface area contributed by atoms with Crippen molar-refractivity contribution in [2.24, 2.45) is 0 Å². The van der Waals surface area contributed by atoms with Crippen LogP contribution in [0.5, 0.6) is 0 Å². The third-order valence-electron chi connectivity index (χ3n) is 4.55. The number of hydrogen-bond donors (Lipinski definition) is 0. The molecule has 0 fully saturated rings. The fourth-order valence-corrected chi connectivity index (χ4v) is 3.58. The highest BCUT2D eigenvalue weighted by Crippen LogP contribution is 2.22. The van der Waals surface area contributed by atoms with Gasteiger partial charge in [0.15, 0.2) is 16.4 Å². The van der Waals surface area contributed by atoms with Gasteiger partial charge in [0, 0.05) is 19.3 Å². The quantitative estimate of drug-likeness (QED) is 0.722. The third-order valence-corrected chi connectivity index (χ3v) is 5.68. The fourth-order valence-electron chi connectivity index (χ4n) is 2.95. The monoisotopic (exact) mass is 399 g/mol. The summed E-state index contributed by atoms with van der Waals surface area (Å²) >= 11 is 0. The Balaban J connectivity index is 1.53. The molecule has 2 aromatic rings. The van der Waals surface area contributed by atoms with Crippen LogP contribution in [0, 0.1) is 0 Å². The molecule has 0 N–H and O–H groups in total. The van der Waals surface area contributed by atoms with Crippen LogP contribution in [-0.4, -0.2) is 51.1 Å². The van der Waals surface area contributed by atoms with E-state index < -0.39 is 15.8 Å². The lowest BCUT2D eigenvalue weighted by Crippen LogP contribution is -2.37. The second-order valence-electron chi connectivity index (χ2n) is 6.56. The number of nitrogens with zero attached hydrogens (tertiary/aromatic N) is 1. The van der Waals surface area contributed by atoms with Gasteiger partial charge < -0.3 is 9.64 Å². The Morgan fingerprint density at radius 3 is 2.29 bits per heavy atom. The first-order valence-electron chi connectivity index (χ1n) is 8.84. The van der Waals surface area contributed by atoms with E-state index in [1.807, 2.05) is 36.4 Å². The summed E-state index contributed by atoms with van der Waals surface area (Å²) in [7, 11) is -3.33. The Hall–Kier alpha value is -2.93. The molecule has 146 valence electrons. The maximum absolute atomic E-state index is 12.3. The highest BCUT2D eigenvalue weighted by Gasteiger charge is 2.20. The molecular formula is C21H21NO5S. The second-order valence-corrected chi connectivity index (χ2v) is 8.57. The molecule has 0 saturated carbocycles. The molecule has 0 atom stereocenters. The number of carbonyl (C=O) groups excluding carboxylic acids is 2. The van der Waals surface area contributed by atoms with Crippen LogP contribution in [0.4, 0.5) is 0 Å². The smallest absolute Gasteiger partial charge is 0.338 e. The largest absolute Gasteiger partial charge is 0.452 e. The molecule has 7 heteroatoms. The topological polar surface area (TPSA) is 80.7 Å². The lowest BCUT2D eigenvalue weighted by Gasteiger charge is -2.26. The first-order valence-corrected chi connectivity index (χ1v) is 10.7. The van der Waals surface area contributed by atoms with Crippen molar-refractivity contribution in [2.75, 3.05) is 26.0 Å². The Labute approximate surface area is 164 Å². The first-order chi connectivity index (χ1) is 13.3. The van der Waals surface area contributed by atoms with Crippen LogP contribution in [0.25, 0.3) is 5.57 Å². The number of esters is 1. The molecule has 6 nitrogen and oxygen atoms in total. The van der Waals surface area contributed by atoms with Crippen molar-refractivity contribution in [3.05, 3.63) is 71.8 Å². The summed E-state index contributed by atoms with van der Waals surface area (Å²) < 4.78 is 28.0. The fraction of sp³-hybridized carbons (Fsp3) is 0.238. The van der Waals surface area contributed by atoms with Gasteiger partial charge >= 0.3 is 5.97 Å². The SMILES string of the molecule is CS(=O)(=O)c1ccc(C(=O)OCC(=O)N2CC=C(c3ccccc3)CC2)cc1. The van der Waals surface area contributed by atoms with Crippen molar-refractivity contribution in [3.63, 3.8) is 0 Å². The van der Waals surface area contributed by atoms with E-state index in [9.17, 15) is 18.0 Å². The predicted octanol–water partition coefficient (Wildman–Crippen LogP) is 2.56. The Morgan fingerprint density at radius 2 is 1.71 bits per heavy atom. The van der Waals surface area contributed by atoms with Gasteiger partial charge in [0.05, 0.1) is 10.5 Å². The van der Waals surface area contributed by atoms with Gasteiger partial charge in [0.1, 0.15) is 0 Å². The van der Waals surface area contributed by atoms with Crippen molar-refractivity contribution >= 4 is 27.3 Å². The summed E-state index contributed by atoms with van der Waals surface area (Å²) in [5.74, 6) is -0.921. The van der Waals surface area contributed by atoms with Crippen LogP contribution < -0.4 is 0 Å². The number of hydrogen-bond acceptors (Lipinski definition) is 5. The number of ether oxygens (including phenoxy) is 1. The molecule has 0 radical (unpaired) electrons. The highest BCUT2D eigenvalue weighted by atomic mass is 32.2. The van der Waals surface area contributed by atoms with Gasteiger partial charge in [-0.15, -0.1) is 0 Å². The standard InChI is InChI=1S/C21H21NO5S/c1-28(25,26)19-9-7-18(8-10-19)21(24)27-15-20(23)22-13-11-17(12-14-22)16-5-3-2-4-6-16/h2-11H,12-15H2,1H3. The minimum absolute atomic E-state index is 0.120. The Bertz CT molecular complexity index is 995. The van der Waals surface area contributed by atoms with Crippen LogP contribution in [0.1, 0.15) is 22.3 Å². The normalized spacial score (nSPS) is 14.3. The second kappa shape index (κ2) is 8.39. The minimum atomic E-state index is -3.33. The van der Waals surface area contributed by atoms with E-state index in [0.717, 1.165) is 18.2 Å². The maximum Gasteiger partial charge on any atom is 0.338 e. The molecule has 0 aliphatic carbocycles. The van der Waals surface area contributed by atoms with E-state index in [-0.39, 0.29) is 23.0 Å². The van der Waals surface area contributed by atoms with Gasteiger partial charge in [-0.05, 0) is 41.8 Å². The number of sulfone groups is 1. The third kappa shape index (κ3) is 4.86. The molecule has 1 aliphatic heterocycles. The molecule has 0 bridgehead atoms. The van der Waals surface area contributed by atoms with Gasteiger partial charge in [0.2, 0.25) is 0 Å². The van der Waals surface area contributed by atoms with Crippen molar-refractivity contribution in [2.45, 2.75) is 11.3 Å². The summed E-state index contributed by atoms with van der Waals surface area (Å²) in [6, 6.07) is 15.4. The van der Waals surface area contributed by atoms with E-state index in [0.29, 0.717) is 13.1 Å². The number of rotatable bonds is 5. The lowest BCUT2D eigenvalue weighted by molar-refractivity contribution is -0.134. The molecule has 2 aromatic carbocycles. The van der Waals surface area contributed by atoms with Crippen LogP contribution in [0.3, 0.4) is 0 Å². The summed E-state index contributed by atoms with van der Waals surface area (Å²) in [6.07, 6.45) is 3.86. The molecule has 0 saturated heterocycles. The van der Waals surface area contributed by atoms with E-state index in [1.54, 1.807) is 4.90 Å². The minimum Gasteiger partial charge on any atom is -0.452 e. The molecule has 0 spiro atoms. The predicted molar refractivity (Wildman–Crippen MR) is 105 cm³/mol. The maximum atomic E-state index is 12.3. The van der Waals surface area contributed by atoms with Gasteiger partial charge in [-0.3, -0.25) is 4.79 Å². The lowest BCUT2D eigenvalue weighted by atomic mass is 10.00. The van der Waals surface area contributed by atoms with Crippen LogP contribution in [0.2, 0.25) is 0 Å². The van der Waals surface area contributed by atoms with Gasteiger partial charge in [0.25, 0.3) is 5.91 Å². The van der Waals surface area contributed by atoms with E-state index in [4.69, 9.17) is 4.74 Å². The van der Waals surface area contributed by atoms with Crippen molar-refractivity contribution in [1.82, 2.24) is 4.90 Å². The summed E-state index contributed by atoms with van der Waals surface area (Å²) in [4.78, 5) is 26.1. The van der Waals surface area contributed by atoms with Crippen LogP contribution in [0.15, 0.2) is 65.6 Å². The summed E-state index contributed by atoms with van der Waals surface area (Å²) in [6.45, 7) is 0.699. The molecule has 0 unspecified atom stereocenters. The molecule has 1 aliphatic rings. The van der Waals surface area contributed by atoms with Gasteiger partial charge in [-0.2, -0.15) is 0 Å². The zero-order valence-electron chi connectivity index (χ0n) is 15.5. The average Bonchev–Trinajstić information content (AvgIpc) is 2.72. The van der Waals surface area contributed by atoms with E-state index in [1.165, 1.54) is 29.8 Å². The number of amides is 1.